The standard InChI is InChI=1S/C15H18O5/c1-4-10-11(16)6-9(7-13(18)19-3)14-12(17)5-8(2)20-15(10)14/h6,8,16H,4-5,7H2,1-3H3/t8-/m0/s1. The number of ether oxygens (including phenoxy) is 2. The highest BCUT2D eigenvalue weighted by atomic mass is 16.5. The molecule has 0 aliphatic carbocycles. The van der Waals surface area contributed by atoms with Crippen LogP contribution in [-0.2, 0) is 22.4 Å². The number of hydrogen-bond donors (Lipinski definition) is 1. The maximum Gasteiger partial charge on any atom is 0.310 e. The molecule has 0 aromatic heterocycles. The molecule has 1 aliphatic rings. The maximum atomic E-state index is 12.3. The van der Waals surface area contributed by atoms with Crippen LogP contribution in [0.4, 0.5) is 0 Å². The molecule has 1 N–H and O–H groups in total. The smallest absolute Gasteiger partial charge is 0.310 e. The maximum absolute atomic E-state index is 12.3. The minimum atomic E-state index is -0.456. The van der Waals surface area contributed by atoms with Crippen molar-refractivity contribution in [2.45, 2.75) is 39.2 Å². The molecular weight excluding hydrogens is 260 g/mol. The lowest BCUT2D eigenvalue weighted by Gasteiger charge is -2.27. The molecule has 1 aromatic carbocycles. The number of ketones is 1. The quantitative estimate of drug-likeness (QED) is 0.856. The van der Waals surface area contributed by atoms with Gasteiger partial charge in [0.2, 0.25) is 0 Å². The van der Waals surface area contributed by atoms with Crippen molar-refractivity contribution < 1.29 is 24.2 Å². The highest BCUT2D eigenvalue weighted by Gasteiger charge is 2.30. The molecule has 1 aliphatic heterocycles. The molecule has 0 fully saturated rings. The zero-order chi connectivity index (χ0) is 14.9. The van der Waals surface area contributed by atoms with E-state index in [4.69, 9.17) is 4.74 Å². The zero-order valence-electron chi connectivity index (χ0n) is 11.9. The second-order valence-corrected chi connectivity index (χ2v) is 4.90. The summed E-state index contributed by atoms with van der Waals surface area (Å²) in [6.45, 7) is 3.69. The molecule has 5 nitrogen and oxygen atoms in total. The van der Waals surface area contributed by atoms with Gasteiger partial charge in [-0.15, -0.1) is 0 Å². The third-order valence-corrected chi connectivity index (χ3v) is 3.43. The van der Waals surface area contributed by atoms with Gasteiger partial charge in [-0.1, -0.05) is 6.92 Å². The normalized spacial score (nSPS) is 17.4. The second kappa shape index (κ2) is 5.53. The van der Waals surface area contributed by atoms with Crippen molar-refractivity contribution in [1.82, 2.24) is 0 Å². The van der Waals surface area contributed by atoms with E-state index in [0.29, 0.717) is 28.9 Å². The van der Waals surface area contributed by atoms with Crippen molar-refractivity contribution in [2.75, 3.05) is 7.11 Å². The van der Waals surface area contributed by atoms with Crippen LogP contribution < -0.4 is 4.74 Å². The Labute approximate surface area is 117 Å². The molecule has 5 heteroatoms. The Bertz CT molecular complexity index is 562. The molecule has 0 saturated heterocycles. The van der Waals surface area contributed by atoms with Gasteiger partial charge in [0.05, 0.1) is 19.1 Å². The third kappa shape index (κ3) is 2.48. The van der Waals surface area contributed by atoms with Gasteiger partial charge in [-0.3, -0.25) is 9.59 Å². The van der Waals surface area contributed by atoms with Crippen LogP contribution in [0.3, 0.4) is 0 Å². The number of Topliss-reactive ketones (excluding diaryl/α,β-unsaturated/α-hetero) is 1. The van der Waals surface area contributed by atoms with E-state index >= 15 is 0 Å². The molecule has 0 radical (unpaired) electrons. The number of carbonyl (C=O) groups is 2. The average Bonchev–Trinajstić information content (AvgIpc) is 2.37. The van der Waals surface area contributed by atoms with Crippen LogP contribution in [-0.4, -0.2) is 30.1 Å². The Morgan fingerprint density at radius 2 is 2.25 bits per heavy atom. The fraction of sp³-hybridized carbons (Fsp3) is 0.467. The molecule has 1 heterocycles. The largest absolute Gasteiger partial charge is 0.508 e. The Hall–Kier alpha value is -2.04. The lowest BCUT2D eigenvalue weighted by atomic mass is 9.90. The number of esters is 1. The number of aromatic hydroxyl groups is 1. The number of hydrogen-bond acceptors (Lipinski definition) is 5. The van der Waals surface area contributed by atoms with E-state index < -0.39 is 5.97 Å². The van der Waals surface area contributed by atoms with Crippen LogP contribution in [0.15, 0.2) is 6.07 Å². The monoisotopic (exact) mass is 278 g/mol. The second-order valence-electron chi connectivity index (χ2n) is 4.90. The fourth-order valence-electron chi connectivity index (χ4n) is 2.49. The molecule has 0 unspecified atom stereocenters. The Morgan fingerprint density at radius 3 is 2.85 bits per heavy atom. The van der Waals surface area contributed by atoms with Crippen LogP contribution in [0.5, 0.6) is 11.5 Å². The zero-order valence-corrected chi connectivity index (χ0v) is 11.9. The fourth-order valence-corrected chi connectivity index (χ4v) is 2.49. The summed E-state index contributed by atoms with van der Waals surface area (Å²) < 4.78 is 10.4. The van der Waals surface area contributed by atoms with Crippen molar-refractivity contribution in [3.05, 3.63) is 22.8 Å². The number of rotatable bonds is 3. The molecule has 1 atom stereocenters. The van der Waals surface area contributed by atoms with Crippen molar-refractivity contribution in [3.8, 4) is 11.5 Å². The minimum Gasteiger partial charge on any atom is -0.508 e. The van der Waals surface area contributed by atoms with Crippen molar-refractivity contribution in [2.24, 2.45) is 0 Å². The van der Waals surface area contributed by atoms with Crippen LogP contribution in [0.2, 0.25) is 0 Å². The summed E-state index contributed by atoms with van der Waals surface area (Å²) in [4.78, 5) is 23.7. The molecular formula is C15H18O5. The predicted octanol–water partition coefficient (Wildman–Crippen LogP) is 2.02. The Kier molecular flexibility index (Phi) is 3.97. The summed E-state index contributed by atoms with van der Waals surface area (Å²) in [7, 11) is 1.29. The summed E-state index contributed by atoms with van der Waals surface area (Å²) in [5.74, 6) is -0.0585. The van der Waals surface area contributed by atoms with Crippen molar-refractivity contribution in [1.29, 1.82) is 0 Å². The van der Waals surface area contributed by atoms with Crippen molar-refractivity contribution in [3.63, 3.8) is 0 Å². The lowest BCUT2D eigenvalue weighted by Crippen LogP contribution is -2.26. The Balaban J connectivity index is 2.60. The van der Waals surface area contributed by atoms with E-state index in [2.05, 4.69) is 4.74 Å². The molecule has 0 amide bonds. The first-order valence-electron chi connectivity index (χ1n) is 6.62. The van der Waals surface area contributed by atoms with Crippen LogP contribution in [0.1, 0.15) is 41.8 Å². The van der Waals surface area contributed by atoms with Gasteiger partial charge in [-0.25, -0.2) is 0 Å². The summed E-state index contributed by atoms with van der Waals surface area (Å²) in [6, 6.07) is 1.46. The Morgan fingerprint density at radius 1 is 1.55 bits per heavy atom. The minimum absolute atomic E-state index is 0.0482. The van der Waals surface area contributed by atoms with Crippen molar-refractivity contribution >= 4 is 11.8 Å². The van der Waals surface area contributed by atoms with Gasteiger partial charge >= 0.3 is 5.97 Å². The molecule has 108 valence electrons. The topological polar surface area (TPSA) is 72.8 Å². The third-order valence-electron chi connectivity index (χ3n) is 3.43. The number of methoxy groups -OCH3 is 1. The van der Waals surface area contributed by atoms with Gasteiger partial charge in [0.25, 0.3) is 0 Å². The van der Waals surface area contributed by atoms with E-state index in [-0.39, 0.29) is 30.5 Å². The summed E-state index contributed by atoms with van der Waals surface area (Å²) in [5.41, 5.74) is 1.47. The summed E-state index contributed by atoms with van der Waals surface area (Å²) in [5, 5.41) is 10.1. The molecule has 0 bridgehead atoms. The van der Waals surface area contributed by atoms with Crippen LogP contribution in [0, 0.1) is 0 Å². The number of phenolic OH excluding ortho intramolecular Hbond substituents is 1. The highest BCUT2D eigenvalue weighted by Crippen LogP contribution is 2.39. The first kappa shape index (κ1) is 14.4. The van der Waals surface area contributed by atoms with Gasteiger partial charge in [-0.05, 0) is 25.0 Å². The first-order valence-corrected chi connectivity index (χ1v) is 6.62. The molecule has 20 heavy (non-hydrogen) atoms. The van der Waals surface area contributed by atoms with E-state index in [1.807, 2.05) is 13.8 Å². The predicted molar refractivity (Wildman–Crippen MR) is 72.2 cm³/mol. The van der Waals surface area contributed by atoms with Gasteiger partial charge in [0.1, 0.15) is 17.6 Å². The lowest BCUT2D eigenvalue weighted by molar-refractivity contribution is -0.139. The summed E-state index contributed by atoms with van der Waals surface area (Å²) >= 11 is 0. The van der Waals surface area contributed by atoms with Gasteiger partial charge in [0.15, 0.2) is 5.78 Å². The van der Waals surface area contributed by atoms with E-state index in [0.717, 1.165) is 0 Å². The SMILES string of the molecule is CCc1c(O)cc(CC(=O)OC)c2c1O[C@@H](C)CC2=O. The number of fused-ring (bicyclic) bond motifs is 1. The van der Waals surface area contributed by atoms with E-state index in [9.17, 15) is 14.7 Å². The van der Waals surface area contributed by atoms with Crippen LogP contribution in [0.25, 0.3) is 0 Å². The number of carbonyl (C=O) groups excluding carboxylic acids is 2. The van der Waals surface area contributed by atoms with Gasteiger partial charge in [0, 0.05) is 12.0 Å². The molecule has 0 spiro atoms. The molecule has 2 rings (SSSR count). The van der Waals surface area contributed by atoms with E-state index in [1.54, 1.807) is 0 Å². The summed E-state index contributed by atoms with van der Waals surface area (Å²) in [6.07, 6.45) is 0.537. The molecule has 0 saturated carbocycles. The first-order chi connectivity index (χ1) is 9.47. The van der Waals surface area contributed by atoms with Gasteiger partial charge in [-0.2, -0.15) is 0 Å². The average molecular weight is 278 g/mol. The number of phenols is 1. The number of benzene rings is 1. The highest BCUT2D eigenvalue weighted by molar-refractivity contribution is 6.03. The van der Waals surface area contributed by atoms with Gasteiger partial charge < -0.3 is 14.6 Å². The molecule has 1 aromatic rings. The van der Waals surface area contributed by atoms with Crippen LogP contribution >= 0.6 is 0 Å². The van der Waals surface area contributed by atoms with E-state index in [1.165, 1.54) is 13.2 Å².